The number of morpholine rings is 1. The number of pyridine rings is 1. The second-order valence-electron chi connectivity index (χ2n) is 6.92. The molecular formula is C21H27N3O7S. The summed E-state index contributed by atoms with van der Waals surface area (Å²) in [4.78, 5) is 16.8. The number of nitrogens with one attached hydrogen (secondary N) is 1. The lowest BCUT2D eigenvalue weighted by Crippen LogP contribution is -2.40. The fourth-order valence-corrected chi connectivity index (χ4v) is 4.78. The lowest BCUT2D eigenvalue weighted by atomic mass is 10.1. The van der Waals surface area contributed by atoms with Crippen LogP contribution >= 0.6 is 0 Å². The first kappa shape index (κ1) is 23.9. The van der Waals surface area contributed by atoms with E-state index in [1.807, 2.05) is 0 Å². The van der Waals surface area contributed by atoms with Gasteiger partial charge in [0.05, 0.1) is 33.4 Å². The number of methoxy groups -OCH3 is 2. The summed E-state index contributed by atoms with van der Waals surface area (Å²) >= 11 is 0. The number of carbonyl (C=O) groups is 1. The summed E-state index contributed by atoms with van der Waals surface area (Å²) in [7, 11) is -0.814. The molecule has 0 bridgehead atoms. The highest BCUT2D eigenvalue weighted by atomic mass is 32.2. The average Bonchev–Trinajstić information content (AvgIpc) is 2.81. The first-order valence-corrected chi connectivity index (χ1v) is 11.5. The van der Waals surface area contributed by atoms with Crippen molar-refractivity contribution >= 4 is 21.6 Å². The minimum atomic E-state index is -3.79. The van der Waals surface area contributed by atoms with Crippen LogP contribution in [0.2, 0.25) is 0 Å². The Hall–Kier alpha value is -2.73. The smallest absolute Gasteiger partial charge is 0.246 e. The van der Waals surface area contributed by atoms with Crippen LogP contribution in [0.1, 0.15) is 5.56 Å². The van der Waals surface area contributed by atoms with Crippen LogP contribution < -0.4 is 14.8 Å². The van der Waals surface area contributed by atoms with E-state index < -0.39 is 10.0 Å². The highest BCUT2D eigenvalue weighted by Crippen LogP contribution is 2.29. The molecule has 2 heterocycles. The van der Waals surface area contributed by atoms with Crippen molar-refractivity contribution in [2.75, 3.05) is 59.1 Å². The number of rotatable bonds is 10. The van der Waals surface area contributed by atoms with E-state index in [4.69, 9.17) is 18.9 Å². The highest BCUT2D eigenvalue weighted by Gasteiger charge is 2.29. The maximum atomic E-state index is 13.1. The minimum Gasteiger partial charge on any atom is -0.495 e. The molecule has 1 fully saturated rings. The minimum absolute atomic E-state index is 0.0252. The van der Waals surface area contributed by atoms with Gasteiger partial charge in [-0.15, -0.1) is 0 Å². The van der Waals surface area contributed by atoms with Gasteiger partial charge in [-0.05, 0) is 29.8 Å². The lowest BCUT2D eigenvalue weighted by molar-refractivity contribution is -0.115. The van der Waals surface area contributed by atoms with Crippen LogP contribution in [0, 0.1) is 0 Å². The Morgan fingerprint density at radius 1 is 1.19 bits per heavy atom. The molecule has 11 heteroatoms. The van der Waals surface area contributed by atoms with Gasteiger partial charge >= 0.3 is 0 Å². The summed E-state index contributed by atoms with van der Waals surface area (Å²) < 4.78 is 48.6. The fraction of sp³-hybridized carbons (Fsp3) is 0.429. The molecule has 1 N–H and O–H groups in total. The van der Waals surface area contributed by atoms with E-state index in [-0.39, 0.29) is 48.5 Å². The zero-order valence-corrected chi connectivity index (χ0v) is 18.9. The van der Waals surface area contributed by atoms with E-state index in [0.29, 0.717) is 31.1 Å². The van der Waals surface area contributed by atoms with Crippen molar-refractivity contribution in [2.24, 2.45) is 0 Å². The molecule has 0 atom stereocenters. The molecule has 1 aliphatic rings. The molecule has 2 aromatic rings. The molecule has 174 valence electrons. The summed E-state index contributed by atoms with van der Waals surface area (Å²) in [6.07, 6.45) is 1.52. The molecule has 0 radical (unpaired) electrons. The van der Waals surface area contributed by atoms with Gasteiger partial charge in [0.15, 0.2) is 0 Å². The Kier molecular flexibility index (Phi) is 8.39. The Labute approximate surface area is 187 Å². The predicted molar refractivity (Wildman–Crippen MR) is 117 cm³/mol. The third-order valence-corrected chi connectivity index (χ3v) is 6.67. The van der Waals surface area contributed by atoms with Gasteiger partial charge in [-0.2, -0.15) is 4.31 Å². The predicted octanol–water partition coefficient (Wildman–Crippen LogP) is 1.32. The molecule has 1 amide bonds. The third-order valence-electron chi connectivity index (χ3n) is 4.75. The van der Waals surface area contributed by atoms with Crippen molar-refractivity contribution in [1.82, 2.24) is 9.29 Å². The number of amides is 1. The van der Waals surface area contributed by atoms with Crippen molar-refractivity contribution in [1.29, 1.82) is 0 Å². The molecular weight excluding hydrogens is 438 g/mol. The summed E-state index contributed by atoms with van der Waals surface area (Å²) in [6, 6.07) is 8.05. The SMILES string of the molecule is COCCOc1ncccc1NC(=O)Cc1ccc(OC)c(S(=O)(=O)N2CCOCC2)c1. The largest absolute Gasteiger partial charge is 0.495 e. The second-order valence-corrected chi connectivity index (χ2v) is 8.83. The molecule has 0 saturated carbocycles. The van der Waals surface area contributed by atoms with Crippen LogP contribution in [-0.2, 0) is 30.7 Å². The summed E-state index contributed by atoms with van der Waals surface area (Å²) in [5.74, 6) is 0.166. The number of sulfonamides is 1. The number of anilines is 1. The summed E-state index contributed by atoms with van der Waals surface area (Å²) in [5.41, 5.74) is 0.948. The number of aromatic nitrogens is 1. The van der Waals surface area contributed by atoms with Gasteiger partial charge in [-0.1, -0.05) is 6.07 Å². The van der Waals surface area contributed by atoms with Crippen LogP contribution in [0.25, 0.3) is 0 Å². The van der Waals surface area contributed by atoms with Gasteiger partial charge in [-0.3, -0.25) is 4.79 Å². The van der Waals surface area contributed by atoms with E-state index in [1.54, 1.807) is 37.6 Å². The number of nitrogens with zero attached hydrogens (tertiary/aromatic N) is 2. The normalized spacial score (nSPS) is 14.7. The summed E-state index contributed by atoms with van der Waals surface area (Å²) in [6.45, 7) is 1.88. The van der Waals surface area contributed by atoms with Crippen molar-refractivity contribution in [2.45, 2.75) is 11.3 Å². The number of hydrogen-bond acceptors (Lipinski definition) is 8. The Morgan fingerprint density at radius 3 is 2.69 bits per heavy atom. The molecule has 0 spiro atoms. The van der Waals surface area contributed by atoms with Crippen LogP contribution in [0.5, 0.6) is 11.6 Å². The van der Waals surface area contributed by atoms with Crippen molar-refractivity contribution in [3.63, 3.8) is 0 Å². The van der Waals surface area contributed by atoms with Crippen LogP contribution in [0.4, 0.5) is 5.69 Å². The van der Waals surface area contributed by atoms with Crippen LogP contribution in [-0.4, -0.2) is 77.4 Å². The highest BCUT2D eigenvalue weighted by molar-refractivity contribution is 7.89. The molecule has 3 rings (SSSR count). The van der Waals surface area contributed by atoms with Gasteiger partial charge in [0, 0.05) is 26.4 Å². The topological polar surface area (TPSA) is 116 Å². The molecule has 1 saturated heterocycles. The summed E-state index contributed by atoms with van der Waals surface area (Å²) in [5, 5.41) is 2.76. The van der Waals surface area contributed by atoms with E-state index in [1.165, 1.54) is 17.5 Å². The van der Waals surface area contributed by atoms with E-state index in [0.717, 1.165) is 0 Å². The number of benzene rings is 1. The van der Waals surface area contributed by atoms with E-state index in [9.17, 15) is 13.2 Å². The maximum absolute atomic E-state index is 13.1. The monoisotopic (exact) mass is 465 g/mol. The molecule has 1 aliphatic heterocycles. The zero-order valence-electron chi connectivity index (χ0n) is 18.1. The molecule has 0 aliphatic carbocycles. The standard InChI is InChI=1S/C21H27N3O7S/c1-28-12-13-31-21-17(4-3-7-22-21)23-20(25)15-16-5-6-18(29-2)19(14-16)32(26,27)24-8-10-30-11-9-24/h3-7,14H,8-13,15H2,1-2H3,(H,23,25). The molecule has 1 aromatic carbocycles. The average molecular weight is 466 g/mol. The zero-order chi connectivity index (χ0) is 23.0. The first-order chi connectivity index (χ1) is 15.5. The maximum Gasteiger partial charge on any atom is 0.246 e. The van der Waals surface area contributed by atoms with Crippen molar-refractivity contribution in [3.8, 4) is 11.6 Å². The van der Waals surface area contributed by atoms with Gasteiger partial charge < -0.3 is 24.3 Å². The van der Waals surface area contributed by atoms with Crippen molar-refractivity contribution in [3.05, 3.63) is 42.1 Å². The third kappa shape index (κ3) is 5.94. The first-order valence-electron chi connectivity index (χ1n) is 10.1. The molecule has 1 aromatic heterocycles. The van der Waals surface area contributed by atoms with Gasteiger partial charge in [-0.25, -0.2) is 13.4 Å². The van der Waals surface area contributed by atoms with Gasteiger partial charge in [0.25, 0.3) is 0 Å². The van der Waals surface area contributed by atoms with Crippen LogP contribution in [0.3, 0.4) is 0 Å². The number of hydrogen-bond donors (Lipinski definition) is 1. The van der Waals surface area contributed by atoms with Crippen LogP contribution in [0.15, 0.2) is 41.4 Å². The fourth-order valence-electron chi connectivity index (χ4n) is 3.16. The van der Waals surface area contributed by atoms with E-state index >= 15 is 0 Å². The molecule has 10 nitrogen and oxygen atoms in total. The lowest BCUT2D eigenvalue weighted by Gasteiger charge is -2.26. The number of carbonyl (C=O) groups excluding carboxylic acids is 1. The van der Waals surface area contributed by atoms with Gasteiger partial charge in [0.1, 0.15) is 22.9 Å². The quantitative estimate of drug-likeness (QED) is 0.522. The second kappa shape index (κ2) is 11.2. The van der Waals surface area contributed by atoms with Gasteiger partial charge in [0.2, 0.25) is 21.8 Å². The molecule has 0 unspecified atom stereocenters. The van der Waals surface area contributed by atoms with E-state index in [2.05, 4.69) is 10.3 Å². The van der Waals surface area contributed by atoms with Crippen molar-refractivity contribution < 1.29 is 32.2 Å². The molecule has 32 heavy (non-hydrogen) atoms. The Bertz CT molecular complexity index is 1020. The Morgan fingerprint density at radius 2 is 1.97 bits per heavy atom. The number of ether oxygens (including phenoxy) is 4. The Balaban J connectivity index is 1.76.